The monoisotopic (exact) mass is 276 g/mol. The Morgan fingerprint density at radius 2 is 1.67 bits per heavy atom. The molecule has 2 heteroatoms. The summed E-state index contributed by atoms with van der Waals surface area (Å²) in [6, 6.07) is 14.9. The van der Waals surface area contributed by atoms with Crippen LogP contribution < -0.4 is 5.32 Å². The van der Waals surface area contributed by atoms with Gasteiger partial charge in [-0.15, -0.1) is 0 Å². The van der Waals surface area contributed by atoms with E-state index in [9.17, 15) is 0 Å². The summed E-state index contributed by atoms with van der Waals surface area (Å²) in [7, 11) is 0. The Balaban J connectivity index is 2.17. The summed E-state index contributed by atoms with van der Waals surface area (Å²) in [5.41, 5.74) is 8.08. The molecule has 0 aliphatic carbocycles. The minimum atomic E-state index is 1.03. The second kappa shape index (κ2) is 5.21. The number of aromatic nitrogens is 1. The van der Waals surface area contributed by atoms with Crippen molar-refractivity contribution in [1.82, 2.24) is 4.98 Å². The smallest absolute Gasteiger partial charge is 0.0755 e. The zero-order valence-corrected chi connectivity index (χ0v) is 13.0. The van der Waals surface area contributed by atoms with Gasteiger partial charge in [0.1, 0.15) is 0 Å². The average Bonchev–Trinajstić information content (AvgIpc) is 2.40. The Morgan fingerprint density at radius 3 is 2.43 bits per heavy atom. The first kappa shape index (κ1) is 13.6. The molecular formula is C19H20N2. The normalized spacial score (nSPS) is 10.9. The lowest BCUT2D eigenvalue weighted by Crippen LogP contribution is -1.96. The van der Waals surface area contributed by atoms with Crippen LogP contribution in [0.1, 0.15) is 22.4 Å². The van der Waals surface area contributed by atoms with Crippen molar-refractivity contribution in [1.29, 1.82) is 0 Å². The molecule has 3 aromatic rings. The maximum atomic E-state index is 4.70. The fourth-order valence-electron chi connectivity index (χ4n) is 2.79. The van der Waals surface area contributed by atoms with Gasteiger partial charge in [0, 0.05) is 22.5 Å². The van der Waals surface area contributed by atoms with Gasteiger partial charge in [-0.25, -0.2) is 0 Å². The van der Waals surface area contributed by atoms with E-state index in [-0.39, 0.29) is 0 Å². The van der Waals surface area contributed by atoms with Crippen LogP contribution >= 0.6 is 0 Å². The molecular weight excluding hydrogens is 256 g/mol. The van der Waals surface area contributed by atoms with Crippen molar-refractivity contribution < 1.29 is 0 Å². The first-order chi connectivity index (χ1) is 10.0. The number of nitrogens with zero attached hydrogens (tertiary/aromatic N) is 1. The van der Waals surface area contributed by atoms with Crippen LogP contribution in [0.2, 0.25) is 0 Å². The van der Waals surface area contributed by atoms with E-state index in [1.807, 2.05) is 6.92 Å². The van der Waals surface area contributed by atoms with Crippen LogP contribution in [0.5, 0.6) is 0 Å². The minimum absolute atomic E-state index is 1.03. The zero-order chi connectivity index (χ0) is 15.0. The number of benzene rings is 2. The predicted molar refractivity (Wildman–Crippen MR) is 90.4 cm³/mol. The van der Waals surface area contributed by atoms with Gasteiger partial charge in [0.05, 0.1) is 5.52 Å². The van der Waals surface area contributed by atoms with Crippen LogP contribution in [0.15, 0.2) is 42.5 Å². The fraction of sp³-hybridized carbons (Fsp3) is 0.211. The quantitative estimate of drug-likeness (QED) is 0.694. The van der Waals surface area contributed by atoms with Gasteiger partial charge in [0.25, 0.3) is 0 Å². The van der Waals surface area contributed by atoms with Crippen LogP contribution in [0, 0.1) is 27.7 Å². The third kappa shape index (κ3) is 2.75. The van der Waals surface area contributed by atoms with Crippen molar-refractivity contribution in [2.45, 2.75) is 27.7 Å². The van der Waals surface area contributed by atoms with Crippen LogP contribution in [0.25, 0.3) is 10.9 Å². The summed E-state index contributed by atoms with van der Waals surface area (Å²) >= 11 is 0. The molecule has 0 aliphatic rings. The summed E-state index contributed by atoms with van der Waals surface area (Å²) in [4.78, 5) is 4.70. The number of rotatable bonds is 2. The highest BCUT2D eigenvalue weighted by Crippen LogP contribution is 2.29. The Morgan fingerprint density at radius 1 is 0.857 bits per heavy atom. The molecule has 0 aliphatic heterocycles. The Hall–Kier alpha value is -2.35. The second-order valence-corrected chi connectivity index (χ2v) is 5.78. The number of anilines is 2. The summed E-state index contributed by atoms with van der Waals surface area (Å²) < 4.78 is 0. The molecule has 0 unspecified atom stereocenters. The van der Waals surface area contributed by atoms with Crippen molar-refractivity contribution in [3.63, 3.8) is 0 Å². The van der Waals surface area contributed by atoms with E-state index >= 15 is 0 Å². The van der Waals surface area contributed by atoms with Gasteiger partial charge in [-0.1, -0.05) is 23.8 Å². The van der Waals surface area contributed by atoms with E-state index in [0.29, 0.717) is 0 Å². The highest BCUT2D eigenvalue weighted by molar-refractivity contribution is 5.95. The van der Waals surface area contributed by atoms with Crippen LogP contribution in [-0.2, 0) is 0 Å². The largest absolute Gasteiger partial charge is 0.355 e. The first-order valence-corrected chi connectivity index (χ1v) is 7.25. The lowest BCUT2D eigenvalue weighted by Gasteiger charge is -2.13. The van der Waals surface area contributed by atoms with Crippen molar-refractivity contribution in [3.8, 4) is 0 Å². The average molecular weight is 276 g/mol. The summed E-state index contributed by atoms with van der Waals surface area (Å²) in [5.74, 6) is 0. The van der Waals surface area contributed by atoms with Crippen LogP contribution in [0.4, 0.5) is 11.4 Å². The molecule has 21 heavy (non-hydrogen) atoms. The lowest BCUT2D eigenvalue weighted by atomic mass is 10.0. The summed E-state index contributed by atoms with van der Waals surface area (Å²) in [6.45, 7) is 8.40. The fourth-order valence-corrected chi connectivity index (χ4v) is 2.79. The van der Waals surface area contributed by atoms with Gasteiger partial charge in [0.15, 0.2) is 0 Å². The lowest BCUT2D eigenvalue weighted by molar-refractivity contribution is 1.23. The maximum absolute atomic E-state index is 4.70. The highest BCUT2D eigenvalue weighted by atomic mass is 14.9. The molecule has 2 aromatic carbocycles. The Bertz CT molecular complexity index is 819. The molecule has 0 saturated heterocycles. The Kier molecular flexibility index (Phi) is 3.38. The highest BCUT2D eigenvalue weighted by Gasteiger charge is 2.07. The SMILES string of the molecule is Cc1cccc(Nc2cc(C)nc3c(C)cc(C)cc23)c1. The van der Waals surface area contributed by atoms with E-state index < -0.39 is 0 Å². The molecule has 0 amide bonds. The van der Waals surface area contributed by atoms with E-state index in [2.05, 4.69) is 68.6 Å². The number of hydrogen-bond donors (Lipinski definition) is 1. The molecule has 0 fully saturated rings. The summed E-state index contributed by atoms with van der Waals surface area (Å²) in [5, 5.41) is 4.72. The van der Waals surface area contributed by atoms with Crippen LogP contribution in [-0.4, -0.2) is 4.98 Å². The molecule has 0 spiro atoms. The van der Waals surface area contributed by atoms with Gasteiger partial charge < -0.3 is 5.32 Å². The number of hydrogen-bond acceptors (Lipinski definition) is 2. The molecule has 106 valence electrons. The van der Waals surface area contributed by atoms with E-state index in [4.69, 9.17) is 4.98 Å². The predicted octanol–water partition coefficient (Wildman–Crippen LogP) is 5.21. The van der Waals surface area contributed by atoms with Gasteiger partial charge in [-0.3, -0.25) is 4.98 Å². The summed E-state index contributed by atoms with van der Waals surface area (Å²) in [6.07, 6.45) is 0. The molecule has 1 aromatic heterocycles. The topological polar surface area (TPSA) is 24.9 Å². The van der Waals surface area contributed by atoms with Crippen molar-refractivity contribution in [3.05, 3.63) is 64.8 Å². The second-order valence-electron chi connectivity index (χ2n) is 5.78. The third-order valence-electron chi connectivity index (χ3n) is 3.67. The van der Waals surface area contributed by atoms with E-state index in [1.165, 1.54) is 22.1 Å². The van der Waals surface area contributed by atoms with E-state index in [1.54, 1.807) is 0 Å². The molecule has 0 saturated carbocycles. The minimum Gasteiger partial charge on any atom is -0.355 e. The Labute approximate surface area is 125 Å². The van der Waals surface area contributed by atoms with Crippen molar-refractivity contribution >= 4 is 22.3 Å². The molecule has 0 atom stereocenters. The van der Waals surface area contributed by atoms with Gasteiger partial charge >= 0.3 is 0 Å². The van der Waals surface area contributed by atoms with Gasteiger partial charge in [0.2, 0.25) is 0 Å². The van der Waals surface area contributed by atoms with Crippen LogP contribution in [0.3, 0.4) is 0 Å². The number of fused-ring (bicyclic) bond motifs is 1. The molecule has 0 bridgehead atoms. The zero-order valence-electron chi connectivity index (χ0n) is 13.0. The molecule has 0 radical (unpaired) electrons. The standard InChI is InChI=1S/C19H20N2/c1-12-6-5-7-16(9-12)21-18-11-15(4)20-19-14(3)8-13(2)10-17(18)19/h5-11H,1-4H3,(H,20,21). The van der Waals surface area contributed by atoms with Crippen molar-refractivity contribution in [2.24, 2.45) is 0 Å². The number of aryl methyl sites for hydroxylation is 4. The first-order valence-electron chi connectivity index (χ1n) is 7.25. The molecule has 3 rings (SSSR count). The van der Waals surface area contributed by atoms with Gasteiger partial charge in [-0.2, -0.15) is 0 Å². The van der Waals surface area contributed by atoms with Crippen molar-refractivity contribution in [2.75, 3.05) is 5.32 Å². The molecule has 1 heterocycles. The maximum Gasteiger partial charge on any atom is 0.0755 e. The molecule has 2 nitrogen and oxygen atoms in total. The number of pyridine rings is 1. The third-order valence-corrected chi connectivity index (χ3v) is 3.67. The molecule has 1 N–H and O–H groups in total. The van der Waals surface area contributed by atoms with E-state index in [0.717, 1.165) is 22.6 Å². The van der Waals surface area contributed by atoms with Gasteiger partial charge in [-0.05, 0) is 63.1 Å². The number of nitrogens with one attached hydrogen (secondary N) is 1.